The highest BCUT2D eigenvalue weighted by atomic mass is 32.2. The zero-order valence-electron chi connectivity index (χ0n) is 22.7. The number of benzene rings is 3. The van der Waals surface area contributed by atoms with Gasteiger partial charge in [-0.1, -0.05) is 76.1 Å². The van der Waals surface area contributed by atoms with Crippen molar-refractivity contribution in [2.24, 2.45) is 0 Å². The summed E-state index contributed by atoms with van der Waals surface area (Å²) in [5.41, 5.74) is 3.70. The minimum Gasteiger partial charge on any atom is -0.494 e. The van der Waals surface area contributed by atoms with Crippen molar-refractivity contribution in [1.82, 2.24) is 0 Å². The molecule has 3 aromatic carbocycles. The lowest BCUT2D eigenvalue weighted by Crippen LogP contribution is -2.37. The predicted octanol–water partition coefficient (Wildman–Crippen LogP) is 7.22. The van der Waals surface area contributed by atoms with E-state index in [1.54, 1.807) is 36.4 Å². The van der Waals surface area contributed by atoms with Gasteiger partial charge in [-0.05, 0) is 79.1 Å². The van der Waals surface area contributed by atoms with Gasteiger partial charge in [0.15, 0.2) is 0 Å². The van der Waals surface area contributed by atoms with E-state index in [2.05, 4.69) is 27.7 Å². The van der Waals surface area contributed by atoms with Gasteiger partial charge in [-0.25, -0.2) is 12.7 Å². The fraction of sp³-hybridized carbons (Fsp3) is 0.387. The van der Waals surface area contributed by atoms with E-state index in [-0.39, 0.29) is 16.7 Å². The number of nitrogens with zero attached hydrogens (tertiary/aromatic N) is 1. The standard InChI is InChI=1S/C31H39NO4S/c1-6-7-9-25-13-17-27(18-14-25)32(37(34,35)29-21-11-24(2)12-22-29)30(33)10-8-23-36-28-19-15-26(16-20-28)31(3,4)5/h11-22H,6-10,23H2,1-5H3. The number of hydrogen-bond acceptors (Lipinski definition) is 4. The second-order valence-electron chi connectivity index (χ2n) is 10.5. The van der Waals surface area contributed by atoms with Crippen molar-refractivity contribution in [3.8, 4) is 5.75 Å². The number of rotatable bonds is 11. The molecule has 1 amide bonds. The van der Waals surface area contributed by atoms with Crippen LogP contribution in [-0.2, 0) is 26.7 Å². The minimum absolute atomic E-state index is 0.0444. The van der Waals surface area contributed by atoms with Gasteiger partial charge < -0.3 is 4.74 Å². The molecule has 0 aliphatic heterocycles. The quantitative estimate of drug-likeness (QED) is 0.250. The summed E-state index contributed by atoms with van der Waals surface area (Å²) in [4.78, 5) is 13.4. The van der Waals surface area contributed by atoms with Gasteiger partial charge in [0.25, 0.3) is 10.0 Å². The van der Waals surface area contributed by atoms with E-state index < -0.39 is 15.9 Å². The van der Waals surface area contributed by atoms with E-state index in [1.165, 1.54) is 5.56 Å². The van der Waals surface area contributed by atoms with Crippen molar-refractivity contribution >= 4 is 21.6 Å². The molecule has 0 unspecified atom stereocenters. The predicted molar refractivity (Wildman–Crippen MR) is 151 cm³/mol. The molecule has 0 fully saturated rings. The third kappa shape index (κ3) is 7.68. The number of carbonyl (C=O) groups excluding carboxylic acids is 1. The van der Waals surface area contributed by atoms with Gasteiger partial charge in [-0.2, -0.15) is 0 Å². The van der Waals surface area contributed by atoms with Crippen LogP contribution in [0.25, 0.3) is 0 Å². The number of anilines is 1. The van der Waals surface area contributed by atoms with Gasteiger partial charge >= 0.3 is 0 Å². The molecule has 0 aromatic heterocycles. The summed E-state index contributed by atoms with van der Waals surface area (Å²) < 4.78 is 33.9. The average molecular weight is 522 g/mol. The van der Waals surface area contributed by atoms with Crippen LogP contribution in [0.2, 0.25) is 0 Å². The molecular weight excluding hydrogens is 482 g/mol. The van der Waals surface area contributed by atoms with Crippen LogP contribution < -0.4 is 9.04 Å². The SMILES string of the molecule is CCCCc1ccc(N(C(=O)CCCOc2ccc(C(C)(C)C)cc2)S(=O)(=O)c2ccc(C)cc2)cc1. The molecule has 37 heavy (non-hydrogen) atoms. The Morgan fingerprint density at radius 2 is 1.49 bits per heavy atom. The van der Waals surface area contributed by atoms with Crippen molar-refractivity contribution in [3.05, 3.63) is 89.5 Å². The molecule has 3 rings (SSSR count). The maximum Gasteiger partial charge on any atom is 0.270 e. The van der Waals surface area contributed by atoms with Crippen LogP contribution >= 0.6 is 0 Å². The molecule has 0 saturated heterocycles. The van der Waals surface area contributed by atoms with Gasteiger partial charge in [-0.15, -0.1) is 0 Å². The number of amides is 1. The summed E-state index contributed by atoms with van der Waals surface area (Å²) in [6.45, 7) is 10.8. The normalized spacial score (nSPS) is 11.8. The Morgan fingerprint density at radius 3 is 2.05 bits per heavy atom. The zero-order valence-corrected chi connectivity index (χ0v) is 23.5. The van der Waals surface area contributed by atoms with Gasteiger partial charge in [-0.3, -0.25) is 4.79 Å². The maximum absolute atomic E-state index is 13.6. The summed E-state index contributed by atoms with van der Waals surface area (Å²) in [6.07, 6.45) is 3.50. The minimum atomic E-state index is -4.07. The first-order valence-electron chi connectivity index (χ1n) is 13.0. The van der Waals surface area contributed by atoms with Crippen LogP contribution in [0.1, 0.15) is 70.1 Å². The van der Waals surface area contributed by atoms with Crippen LogP contribution in [-0.4, -0.2) is 20.9 Å². The molecule has 0 spiro atoms. The molecule has 6 heteroatoms. The van der Waals surface area contributed by atoms with E-state index in [4.69, 9.17) is 4.74 Å². The molecule has 0 saturated carbocycles. The number of carbonyl (C=O) groups is 1. The van der Waals surface area contributed by atoms with E-state index >= 15 is 0 Å². The molecule has 0 bridgehead atoms. The monoisotopic (exact) mass is 521 g/mol. The Bertz CT molecular complexity index is 1260. The topological polar surface area (TPSA) is 63.7 Å². The molecule has 198 valence electrons. The Labute approximate surface area is 222 Å². The van der Waals surface area contributed by atoms with Gasteiger partial charge in [0, 0.05) is 6.42 Å². The van der Waals surface area contributed by atoms with Crippen LogP contribution in [0.4, 0.5) is 5.69 Å². The second-order valence-corrected chi connectivity index (χ2v) is 12.3. The van der Waals surface area contributed by atoms with E-state index in [1.807, 2.05) is 43.3 Å². The molecule has 0 radical (unpaired) electrons. The lowest BCUT2D eigenvalue weighted by atomic mass is 9.87. The molecule has 3 aromatic rings. The van der Waals surface area contributed by atoms with E-state index in [0.29, 0.717) is 18.7 Å². The summed E-state index contributed by atoms with van der Waals surface area (Å²) in [5, 5.41) is 0. The number of aryl methyl sites for hydroxylation is 2. The third-order valence-electron chi connectivity index (χ3n) is 6.30. The third-order valence-corrected chi connectivity index (χ3v) is 8.06. The fourth-order valence-corrected chi connectivity index (χ4v) is 5.43. The van der Waals surface area contributed by atoms with E-state index in [9.17, 15) is 13.2 Å². The molecule has 0 aliphatic carbocycles. The van der Waals surface area contributed by atoms with E-state index in [0.717, 1.165) is 40.4 Å². The smallest absolute Gasteiger partial charge is 0.270 e. The number of sulfonamides is 1. The van der Waals surface area contributed by atoms with Crippen molar-refractivity contribution in [1.29, 1.82) is 0 Å². The summed E-state index contributed by atoms with van der Waals surface area (Å²) in [6, 6.07) is 21.8. The Balaban J connectivity index is 1.74. The molecule has 0 N–H and O–H groups in total. The fourth-order valence-electron chi connectivity index (χ4n) is 3.98. The van der Waals surface area contributed by atoms with Gasteiger partial charge in [0.2, 0.25) is 5.91 Å². The van der Waals surface area contributed by atoms with Crippen molar-refractivity contribution in [2.45, 2.75) is 77.0 Å². The van der Waals surface area contributed by atoms with Crippen LogP contribution in [0.3, 0.4) is 0 Å². The highest BCUT2D eigenvalue weighted by Crippen LogP contribution is 2.27. The zero-order chi connectivity index (χ0) is 27.1. The first kappa shape index (κ1) is 28.5. The van der Waals surface area contributed by atoms with Crippen molar-refractivity contribution < 1.29 is 17.9 Å². The maximum atomic E-state index is 13.6. The Kier molecular flexibility index (Phi) is 9.55. The molecule has 0 heterocycles. The molecule has 5 nitrogen and oxygen atoms in total. The van der Waals surface area contributed by atoms with Gasteiger partial charge in [0.05, 0.1) is 17.2 Å². The number of hydrogen-bond donors (Lipinski definition) is 0. The molecule has 0 aliphatic rings. The number of ether oxygens (including phenoxy) is 1. The highest BCUT2D eigenvalue weighted by molar-refractivity contribution is 7.93. The highest BCUT2D eigenvalue weighted by Gasteiger charge is 2.30. The van der Waals surface area contributed by atoms with Crippen LogP contribution in [0, 0.1) is 6.92 Å². The summed E-state index contributed by atoms with van der Waals surface area (Å²) >= 11 is 0. The number of unbranched alkanes of at least 4 members (excludes halogenated alkanes) is 1. The largest absolute Gasteiger partial charge is 0.494 e. The first-order chi connectivity index (χ1) is 17.5. The van der Waals surface area contributed by atoms with Gasteiger partial charge in [0.1, 0.15) is 5.75 Å². The lowest BCUT2D eigenvalue weighted by Gasteiger charge is -2.23. The van der Waals surface area contributed by atoms with Crippen molar-refractivity contribution in [2.75, 3.05) is 10.9 Å². The second kappa shape index (κ2) is 12.4. The van der Waals surface area contributed by atoms with Crippen LogP contribution in [0.5, 0.6) is 5.75 Å². The Hall–Kier alpha value is -3.12. The van der Waals surface area contributed by atoms with Crippen molar-refractivity contribution in [3.63, 3.8) is 0 Å². The summed E-state index contributed by atoms with van der Waals surface area (Å²) in [7, 11) is -4.07. The molecule has 0 atom stereocenters. The van der Waals surface area contributed by atoms with Crippen LogP contribution in [0.15, 0.2) is 77.7 Å². The lowest BCUT2D eigenvalue weighted by molar-refractivity contribution is -0.117. The molecular formula is C31H39NO4S. The first-order valence-corrected chi connectivity index (χ1v) is 14.4. The average Bonchev–Trinajstić information content (AvgIpc) is 2.86. The Morgan fingerprint density at radius 1 is 0.865 bits per heavy atom. The summed E-state index contributed by atoms with van der Waals surface area (Å²) in [5.74, 6) is 0.251.